The quantitative estimate of drug-likeness (QED) is 0.833. The van der Waals surface area contributed by atoms with E-state index in [-0.39, 0.29) is 23.9 Å². The lowest BCUT2D eigenvalue weighted by Crippen LogP contribution is -2.69. The molecule has 104 valence electrons. The highest BCUT2D eigenvalue weighted by molar-refractivity contribution is 5.99. The first-order chi connectivity index (χ1) is 8.26. The maximum Gasteiger partial charge on any atom is 0.248 e. The fraction of sp³-hybridized carbons (Fsp3) is 0.857. The van der Waals surface area contributed by atoms with Gasteiger partial charge in [0.25, 0.3) is 0 Å². The van der Waals surface area contributed by atoms with E-state index in [0.29, 0.717) is 5.92 Å². The number of nitrogens with zero attached hydrogens (tertiary/aromatic N) is 1. The summed E-state index contributed by atoms with van der Waals surface area (Å²) in [4.78, 5) is 26.2. The number of piperazine rings is 1. The highest BCUT2D eigenvalue weighted by Gasteiger charge is 2.45. The van der Waals surface area contributed by atoms with Gasteiger partial charge in [0.15, 0.2) is 0 Å². The molecule has 2 amide bonds. The van der Waals surface area contributed by atoms with Crippen LogP contribution in [0.2, 0.25) is 0 Å². The highest BCUT2D eigenvalue weighted by atomic mass is 16.2. The first-order valence-corrected chi connectivity index (χ1v) is 6.91. The van der Waals surface area contributed by atoms with Crippen LogP contribution < -0.4 is 5.32 Å². The van der Waals surface area contributed by atoms with E-state index in [1.807, 2.05) is 0 Å². The van der Waals surface area contributed by atoms with E-state index in [1.54, 1.807) is 25.7 Å². The number of hydrogen-bond donors (Lipinski definition) is 1. The van der Waals surface area contributed by atoms with E-state index >= 15 is 0 Å². The lowest BCUT2D eigenvalue weighted by atomic mass is 9.89. The summed E-state index contributed by atoms with van der Waals surface area (Å²) < 4.78 is 0. The lowest BCUT2D eigenvalue weighted by Gasteiger charge is -2.46. The molecular weight excluding hydrogens is 228 g/mol. The Hall–Kier alpha value is -1.06. The van der Waals surface area contributed by atoms with E-state index in [2.05, 4.69) is 26.1 Å². The summed E-state index contributed by atoms with van der Waals surface area (Å²) in [5.74, 6) is 0.407. The molecule has 4 heteroatoms. The van der Waals surface area contributed by atoms with Gasteiger partial charge in [0.05, 0.1) is 0 Å². The molecule has 0 radical (unpaired) electrons. The SMILES string of the molecule is CCC(CC)C(C)N1C(=O)C(C)(C)NC(=O)C1C. The summed E-state index contributed by atoms with van der Waals surface area (Å²) >= 11 is 0. The van der Waals surface area contributed by atoms with Crippen molar-refractivity contribution in [1.29, 1.82) is 0 Å². The predicted octanol–water partition coefficient (Wildman–Crippen LogP) is 1.94. The Bertz CT molecular complexity index is 335. The molecule has 1 heterocycles. The smallest absolute Gasteiger partial charge is 0.248 e. The molecule has 0 spiro atoms. The van der Waals surface area contributed by atoms with Gasteiger partial charge in [-0.3, -0.25) is 9.59 Å². The third kappa shape index (κ3) is 2.52. The minimum absolute atomic E-state index is 0.0222. The van der Waals surface area contributed by atoms with E-state index in [1.165, 1.54) is 0 Å². The molecule has 2 atom stereocenters. The molecule has 18 heavy (non-hydrogen) atoms. The number of nitrogens with one attached hydrogen (secondary N) is 1. The van der Waals surface area contributed by atoms with Crippen molar-refractivity contribution in [2.75, 3.05) is 0 Å². The van der Waals surface area contributed by atoms with E-state index in [0.717, 1.165) is 12.8 Å². The van der Waals surface area contributed by atoms with Crippen LogP contribution in [0, 0.1) is 5.92 Å². The Morgan fingerprint density at radius 3 is 2.22 bits per heavy atom. The van der Waals surface area contributed by atoms with Crippen LogP contribution in [-0.2, 0) is 9.59 Å². The second-order valence-corrected chi connectivity index (χ2v) is 5.82. The summed E-state index contributed by atoms with van der Waals surface area (Å²) in [6.45, 7) is 11.7. The van der Waals surface area contributed by atoms with Gasteiger partial charge in [-0.1, -0.05) is 26.7 Å². The average molecular weight is 254 g/mol. The van der Waals surface area contributed by atoms with Gasteiger partial charge in [-0.15, -0.1) is 0 Å². The van der Waals surface area contributed by atoms with Gasteiger partial charge in [0.1, 0.15) is 11.6 Å². The molecule has 0 aromatic rings. The Labute approximate surface area is 110 Å². The summed E-state index contributed by atoms with van der Waals surface area (Å²) in [6, 6.07) is -0.269. The summed E-state index contributed by atoms with van der Waals surface area (Å²) in [7, 11) is 0. The zero-order valence-electron chi connectivity index (χ0n) is 12.4. The molecule has 2 unspecified atom stereocenters. The van der Waals surface area contributed by atoms with Crippen molar-refractivity contribution in [3.8, 4) is 0 Å². The van der Waals surface area contributed by atoms with E-state index in [9.17, 15) is 9.59 Å². The lowest BCUT2D eigenvalue weighted by molar-refractivity contribution is -0.156. The number of hydrogen-bond acceptors (Lipinski definition) is 2. The Kier molecular flexibility index (Phi) is 4.41. The molecule has 1 aliphatic rings. The molecular formula is C14H26N2O2. The number of rotatable bonds is 4. The van der Waals surface area contributed by atoms with Crippen molar-refractivity contribution in [2.45, 2.75) is 72.0 Å². The number of carbonyl (C=O) groups is 2. The third-order valence-corrected chi connectivity index (χ3v) is 4.17. The van der Waals surface area contributed by atoms with Gasteiger partial charge in [-0.05, 0) is 33.6 Å². The van der Waals surface area contributed by atoms with Gasteiger partial charge in [0.2, 0.25) is 11.8 Å². The summed E-state index contributed by atoms with van der Waals surface area (Å²) in [5, 5.41) is 2.78. The van der Waals surface area contributed by atoms with Crippen molar-refractivity contribution < 1.29 is 9.59 Å². The molecule has 1 fully saturated rings. The van der Waals surface area contributed by atoms with Crippen molar-refractivity contribution in [1.82, 2.24) is 10.2 Å². The molecule has 0 aliphatic carbocycles. The summed E-state index contributed by atoms with van der Waals surface area (Å²) in [5.41, 5.74) is -0.788. The maximum absolute atomic E-state index is 12.5. The third-order valence-electron chi connectivity index (χ3n) is 4.17. The number of carbonyl (C=O) groups excluding carboxylic acids is 2. The fourth-order valence-electron chi connectivity index (χ4n) is 2.83. The van der Waals surface area contributed by atoms with E-state index < -0.39 is 5.54 Å². The minimum atomic E-state index is -0.788. The molecule has 0 bridgehead atoms. The second-order valence-electron chi connectivity index (χ2n) is 5.82. The minimum Gasteiger partial charge on any atom is -0.340 e. The van der Waals surface area contributed by atoms with Crippen molar-refractivity contribution >= 4 is 11.8 Å². The second kappa shape index (κ2) is 5.29. The molecule has 1 rings (SSSR count). The van der Waals surface area contributed by atoms with Gasteiger partial charge in [-0.2, -0.15) is 0 Å². The zero-order chi connectivity index (χ0) is 14.1. The molecule has 0 aromatic heterocycles. The van der Waals surface area contributed by atoms with Crippen LogP contribution in [0.4, 0.5) is 0 Å². The zero-order valence-corrected chi connectivity index (χ0v) is 12.4. The summed E-state index contributed by atoms with van der Waals surface area (Å²) in [6.07, 6.45) is 2.05. The van der Waals surface area contributed by atoms with Gasteiger partial charge in [0, 0.05) is 6.04 Å². The Balaban J connectivity index is 3.03. The van der Waals surface area contributed by atoms with E-state index in [4.69, 9.17) is 0 Å². The molecule has 1 saturated heterocycles. The van der Waals surface area contributed by atoms with Crippen LogP contribution in [0.15, 0.2) is 0 Å². The highest BCUT2D eigenvalue weighted by Crippen LogP contribution is 2.26. The van der Waals surface area contributed by atoms with Crippen LogP contribution in [0.25, 0.3) is 0 Å². The normalized spacial score (nSPS) is 25.3. The molecule has 1 aliphatic heterocycles. The van der Waals surface area contributed by atoms with Crippen molar-refractivity contribution in [3.05, 3.63) is 0 Å². The Morgan fingerprint density at radius 2 is 1.78 bits per heavy atom. The topological polar surface area (TPSA) is 49.4 Å². The standard InChI is InChI=1S/C14H26N2O2/c1-7-11(8-2)9(3)16-10(4)12(17)15-14(5,6)13(16)18/h9-11H,7-8H2,1-6H3,(H,15,17). The largest absolute Gasteiger partial charge is 0.340 e. The Morgan fingerprint density at radius 1 is 1.28 bits per heavy atom. The first-order valence-electron chi connectivity index (χ1n) is 6.91. The average Bonchev–Trinajstić information content (AvgIpc) is 2.28. The van der Waals surface area contributed by atoms with Gasteiger partial charge in [-0.25, -0.2) is 0 Å². The maximum atomic E-state index is 12.5. The van der Waals surface area contributed by atoms with Gasteiger partial charge >= 0.3 is 0 Å². The van der Waals surface area contributed by atoms with Crippen LogP contribution >= 0.6 is 0 Å². The fourth-order valence-corrected chi connectivity index (χ4v) is 2.83. The van der Waals surface area contributed by atoms with Crippen LogP contribution in [0.1, 0.15) is 54.4 Å². The monoisotopic (exact) mass is 254 g/mol. The molecule has 0 aromatic carbocycles. The van der Waals surface area contributed by atoms with Crippen molar-refractivity contribution in [2.24, 2.45) is 5.92 Å². The van der Waals surface area contributed by atoms with Crippen molar-refractivity contribution in [3.63, 3.8) is 0 Å². The molecule has 1 N–H and O–H groups in total. The van der Waals surface area contributed by atoms with Crippen LogP contribution in [-0.4, -0.2) is 34.3 Å². The van der Waals surface area contributed by atoms with Crippen LogP contribution in [0.3, 0.4) is 0 Å². The molecule has 4 nitrogen and oxygen atoms in total. The van der Waals surface area contributed by atoms with Gasteiger partial charge < -0.3 is 10.2 Å². The van der Waals surface area contributed by atoms with Crippen LogP contribution in [0.5, 0.6) is 0 Å². The predicted molar refractivity (Wildman–Crippen MR) is 72.1 cm³/mol. The number of amides is 2. The molecule has 0 saturated carbocycles. The first kappa shape index (κ1) is 15.0.